The normalized spacial score (nSPS) is 10.7. The molecule has 29 heavy (non-hydrogen) atoms. The lowest BCUT2D eigenvalue weighted by molar-refractivity contribution is 0.0737. The molecule has 1 aromatic heterocycles. The van der Waals surface area contributed by atoms with E-state index >= 15 is 0 Å². The summed E-state index contributed by atoms with van der Waals surface area (Å²) >= 11 is 12.2. The average molecular weight is 424 g/mol. The van der Waals surface area contributed by atoms with Crippen LogP contribution in [0.3, 0.4) is 0 Å². The molecule has 0 unspecified atom stereocenters. The topological polar surface area (TPSA) is 48.4 Å². The largest absolute Gasteiger partial charge is 0.497 e. The molecule has 0 radical (unpaired) electrons. The second kappa shape index (κ2) is 8.11. The van der Waals surface area contributed by atoms with Crippen LogP contribution >= 0.6 is 23.2 Å². The maximum Gasteiger partial charge on any atom is 0.344 e. The zero-order chi connectivity index (χ0) is 20.4. The third kappa shape index (κ3) is 3.90. The van der Waals surface area contributed by atoms with E-state index in [1.165, 1.54) is 0 Å². The van der Waals surface area contributed by atoms with Crippen LogP contribution in [0.15, 0.2) is 72.8 Å². The number of hydrogen-bond donors (Lipinski definition) is 0. The van der Waals surface area contributed by atoms with E-state index in [-0.39, 0.29) is 10.8 Å². The first-order chi connectivity index (χ1) is 14.1. The number of rotatable bonds is 4. The Balaban J connectivity index is 1.79. The molecule has 4 rings (SSSR count). The molecule has 144 valence electrons. The van der Waals surface area contributed by atoms with Crippen molar-refractivity contribution in [3.63, 3.8) is 0 Å². The summed E-state index contributed by atoms with van der Waals surface area (Å²) in [6, 6.07) is 21.5. The first kappa shape index (κ1) is 19.2. The third-order valence-corrected chi connectivity index (χ3v) is 5.24. The van der Waals surface area contributed by atoms with E-state index in [9.17, 15) is 4.79 Å². The summed E-state index contributed by atoms with van der Waals surface area (Å²) in [4.78, 5) is 17.7. The Hall–Kier alpha value is -3.08. The number of methoxy groups -OCH3 is 1. The third-order valence-electron chi connectivity index (χ3n) is 4.44. The fourth-order valence-electron chi connectivity index (χ4n) is 2.97. The predicted octanol–water partition coefficient (Wildman–Crippen LogP) is 6.44. The number of carbonyl (C=O) groups is 1. The highest BCUT2D eigenvalue weighted by molar-refractivity contribution is 6.43. The first-order valence-electron chi connectivity index (χ1n) is 8.77. The monoisotopic (exact) mass is 423 g/mol. The lowest BCUT2D eigenvalue weighted by Crippen LogP contribution is -2.10. The number of halogens is 2. The van der Waals surface area contributed by atoms with Gasteiger partial charge in [-0.25, -0.2) is 9.78 Å². The van der Waals surface area contributed by atoms with Gasteiger partial charge in [-0.2, -0.15) is 0 Å². The van der Waals surface area contributed by atoms with Gasteiger partial charge in [0.1, 0.15) is 10.8 Å². The van der Waals surface area contributed by atoms with Crippen LogP contribution in [-0.4, -0.2) is 18.1 Å². The maximum absolute atomic E-state index is 13.0. The molecule has 0 saturated carbocycles. The van der Waals surface area contributed by atoms with Crippen molar-refractivity contribution >= 4 is 40.1 Å². The Kier molecular flexibility index (Phi) is 5.38. The van der Waals surface area contributed by atoms with Gasteiger partial charge in [0, 0.05) is 10.9 Å². The zero-order valence-electron chi connectivity index (χ0n) is 15.4. The van der Waals surface area contributed by atoms with Crippen LogP contribution < -0.4 is 9.47 Å². The highest BCUT2D eigenvalue weighted by atomic mass is 35.5. The fraction of sp³-hybridized carbons (Fsp3) is 0.0435. The Bertz CT molecular complexity index is 1210. The summed E-state index contributed by atoms with van der Waals surface area (Å²) in [5.41, 5.74) is 2.57. The average Bonchev–Trinajstić information content (AvgIpc) is 2.76. The second-order valence-corrected chi connectivity index (χ2v) is 7.03. The number of benzene rings is 3. The predicted molar refractivity (Wildman–Crippen MR) is 115 cm³/mol. The molecule has 0 aliphatic rings. The van der Waals surface area contributed by atoms with Crippen molar-refractivity contribution in [1.82, 2.24) is 4.98 Å². The molecule has 3 aromatic carbocycles. The number of hydrogen-bond acceptors (Lipinski definition) is 4. The van der Waals surface area contributed by atoms with Gasteiger partial charge in [0.25, 0.3) is 0 Å². The lowest BCUT2D eigenvalue weighted by atomic mass is 10.0. The highest BCUT2D eigenvalue weighted by Crippen LogP contribution is 2.33. The van der Waals surface area contributed by atoms with E-state index in [2.05, 4.69) is 4.98 Å². The number of fused-ring (bicyclic) bond motifs is 1. The van der Waals surface area contributed by atoms with Crippen LogP contribution in [0.4, 0.5) is 0 Å². The number of ether oxygens (including phenoxy) is 2. The number of nitrogens with zero attached hydrogens (tertiary/aromatic N) is 1. The zero-order valence-corrected chi connectivity index (χ0v) is 16.9. The molecule has 0 N–H and O–H groups in total. The van der Waals surface area contributed by atoms with Crippen LogP contribution in [0.1, 0.15) is 10.4 Å². The highest BCUT2D eigenvalue weighted by Gasteiger charge is 2.18. The Morgan fingerprint density at radius 2 is 1.69 bits per heavy atom. The number of carbonyl (C=O) groups excluding carboxylic acids is 1. The van der Waals surface area contributed by atoms with Crippen molar-refractivity contribution in [2.75, 3.05) is 7.11 Å². The molecule has 0 fully saturated rings. The molecule has 4 nitrogen and oxygen atoms in total. The summed E-state index contributed by atoms with van der Waals surface area (Å²) in [7, 11) is 1.61. The Labute approximate surface area is 177 Å². The Morgan fingerprint density at radius 3 is 2.45 bits per heavy atom. The molecule has 0 saturated heterocycles. The van der Waals surface area contributed by atoms with Gasteiger partial charge in [0.2, 0.25) is 0 Å². The quantitative estimate of drug-likeness (QED) is 0.280. The van der Waals surface area contributed by atoms with E-state index in [0.29, 0.717) is 27.2 Å². The van der Waals surface area contributed by atoms with E-state index in [1.807, 2.05) is 48.5 Å². The van der Waals surface area contributed by atoms with Gasteiger partial charge in [-0.05, 0) is 48.5 Å². The van der Waals surface area contributed by atoms with Gasteiger partial charge >= 0.3 is 5.97 Å². The van der Waals surface area contributed by atoms with Crippen LogP contribution in [0.5, 0.6) is 11.5 Å². The molecule has 0 amide bonds. The number of esters is 1. The van der Waals surface area contributed by atoms with Crippen molar-refractivity contribution < 1.29 is 14.3 Å². The minimum absolute atomic E-state index is 0.191. The molecule has 0 aliphatic heterocycles. The van der Waals surface area contributed by atoms with Crippen LogP contribution in [0.2, 0.25) is 10.0 Å². The van der Waals surface area contributed by atoms with Gasteiger partial charge < -0.3 is 9.47 Å². The standard InChI is InChI=1S/C23H15Cl2NO3/c1-28-15-11-9-14(10-12-15)20-13-17(16-5-2-3-7-19(16)26-20)23(27)29-21-8-4-6-18(24)22(21)25/h2-13H,1H3. The van der Waals surface area contributed by atoms with Crippen LogP contribution in [-0.2, 0) is 0 Å². The van der Waals surface area contributed by atoms with Gasteiger partial charge in [0.05, 0.1) is 28.9 Å². The van der Waals surface area contributed by atoms with E-state index in [0.717, 1.165) is 11.3 Å². The molecular weight excluding hydrogens is 409 g/mol. The van der Waals surface area contributed by atoms with E-state index < -0.39 is 5.97 Å². The van der Waals surface area contributed by atoms with Crippen molar-refractivity contribution in [3.8, 4) is 22.8 Å². The summed E-state index contributed by atoms with van der Waals surface area (Å²) in [5, 5.41) is 1.19. The van der Waals surface area contributed by atoms with Gasteiger partial charge in [-0.15, -0.1) is 0 Å². The van der Waals surface area contributed by atoms with E-state index in [1.54, 1.807) is 31.4 Å². The molecule has 0 atom stereocenters. The summed E-state index contributed by atoms with van der Waals surface area (Å²) in [6.07, 6.45) is 0. The molecule has 1 heterocycles. The van der Waals surface area contributed by atoms with Crippen molar-refractivity contribution in [2.45, 2.75) is 0 Å². The second-order valence-electron chi connectivity index (χ2n) is 6.24. The molecule has 4 aromatic rings. The summed E-state index contributed by atoms with van der Waals surface area (Å²) in [6.45, 7) is 0. The van der Waals surface area contributed by atoms with Crippen molar-refractivity contribution in [3.05, 3.63) is 88.4 Å². The number of para-hydroxylation sites is 1. The molecular formula is C23H15Cl2NO3. The maximum atomic E-state index is 13.0. The summed E-state index contributed by atoms with van der Waals surface area (Å²) in [5.74, 6) is 0.406. The number of pyridine rings is 1. The molecule has 0 aliphatic carbocycles. The van der Waals surface area contributed by atoms with Gasteiger partial charge in [-0.1, -0.05) is 47.5 Å². The first-order valence-corrected chi connectivity index (χ1v) is 9.53. The van der Waals surface area contributed by atoms with Gasteiger partial charge in [-0.3, -0.25) is 0 Å². The van der Waals surface area contributed by atoms with Crippen molar-refractivity contribution in [1.29, 1.82) is 0 Å². The van der Waals surface area contributed by atoms with Crippen molar-refractivity contribution in [2.24, 2.45) is 0 Å². The van der Waals surface area contributed by atoms with Crippen LogP contribution in [0.25, 0.3) is 22.2 Å². The molecule has 0 spiro atoms. The smallest absolute Gasteiger partial charge is 0.344 e. The van der Waals surface area contributed by atoms with E-state index in [4.69, 9.17) is 32.7 Å². The lowest BCUT2D eigenvalue weighted by Gasteiger charge is -2.11. The molecule has 0 bridgehead atoms. The SMILES string of the molecule is COc1ccc(-c2cc(C(=O)Oc3cccc(Cl)c3Cl)c3ccccc3n2)cc1. The summed E-state index contributed by atoms with van der Waals surface area (Å²) < 4.78 is 10.8. The minimum Gasteiger partial charge on any atom is -0.497 e. The van der Waals surface area contributed by atoms with Crippen LogP contribution in [0, 0.1) is 0 Å². The Morgan fingerprint density at radius 1 is 0.931 bits per heavy atom. The fourth-order valence-corrected chi connectivity index (χ4v) is 3.30. The number of aromatic nitrogens is 1. The molecule has 6 heteroatoms. The van der Waals surface area contributed by atoms with Gasteiger partial charge in [0.15, 0.2) is 5.75 Å². The minimum atomic E-state index is -0.539.